The van der Waals surface area contributed by atoms with Crippen LogP contribution in [-0.2, 0) is 115 Å². The number of carboxylic acids is 5. The summed E-state index contributed by atoms with van der Waals surface area (Å²) in [5.41, 5.74) is 28.1. The molecular weight excluding hydrogens is 1870 g/mol. The molecule has 56 nitrogen and oxygen atoms in total. The van der Waals surface area contributed by atoms with Gasteiger partial charge in [0.05, 0.1) is 51.5 Å². The number of aliphatic carboxylic acids is 5. The second-order valence-electron chi connectivity index (χ2n) is 35.2. The number of primary amides is 1. The van der Waals surface area contributed by atoms with Gasteiger partial charge in [0.25, 0.3) is 0 Å². The minimum absolute atomic E-state index is 0.0554. The number of hydrogen-bond acceptors (Lipinski definition) is 32. The van der Waals surface area contributed by atoms with Crippen molar-refractivity contribution in [1.82, 2.24) is 95.7 Å². The van der Waals surface area contributed by atoms with Crippen molar-refractivity contribution >= 4 is 142 Å². The monoisotopic (exact) mass is 2020 g/mol. The van der Waals surface area contributed by atoms with E-state index in [2.05, 4.69) is 95.7 Å². The smallest absolute Gasteiger partial charge is 0.326 e. The molecule has 0 saturated carbocycles. The average molecular weight is 2020 g/mol. The zero-order valence-corrected chi connectivity index (χ0v) is 80.9. The van der Waals surface area contributed by atoms with E-state index in [1.54, 1.807) is 41.5 Å². The molecule has 0 aliphatic heterocycles. The topological polar surface area (TPSA) is 938 Å². The molecule has 37 N–H and O–H groups in total. The van der Waals surface area contributed by atoms with Crippen LogP contribution in [0.3, 0.4) is 0 Å². The molecule has 800 valence electrons. The fraction of sp³-hybridized carbons (Fsp3) is 0.718. The van der Waals surface area contributed by atoms with Crippen LogP contribution in [0.2, 0.25) is 0 Å². The molecule has 141 heavy (non-hydrogen) atoms. The van der Waals surface area contributed by atoms with Crippen LogP contribution >= 0.6 is 0 Å². The van der Waals surface area contributed by atoms with Gasteiger partial charge in [0.1, 0.15) is 96.7 Å². The summed E-state index contributed by atoms with van der Waals surface area (Å²) in [6.07, 6.45) is -7.27. The summed E-state index contributed by atoms with van der Waals surface area (Å²) < 4.78 is 0. The molecule has 0 fully saturated rings. The number of aliphatic hydroxyl groups excluding tert-OH is 4. The highest BCUT2D eigenvalue weighted by atomic mass is 16.4. The molecule has 0 aromatic heterocycles. The SMILES string of the molecule is CC(C)C[C@H](NC(=O)CNC(=O)CNC(=O)[C@H](CO)NC(=O)[C@@H](NC(=O)[C@H](CCCCN)NC(=O)[C@H](CC(N)=O)NC(=O)[C@H](CCC(=O)O)NC(=O)[C@@H](NC(=O)[C@@H](N)CCC(=O)O)C(C)C)[C@@H](C)O)C(=O)N[C@@H](CC(C)C)C(=O)N[C@@H](CC(C)C)C(=O)N[C@@H](C)C(=O)N[C@@H](CCC(=O)O)C(=O)N[C@@H](CO)C(=O)N[C@@H](CO)C(=O)N[C@@H](CCCCN)C(=O)N[C@@H](CCC(=O)O)C(=O)N[C@@H](CCCCN)C(=O)O. The average Bonchev–Trinajstić information content (AvgIpc) is 0.864. The van der Waals surface area contributed by atoms with Crippen LogP contribution in [0.25, 0.3) is 0 Å². The van der Waals surface area contributed by atoms with Crippen LogP contribution in [0.15, 0.2) is 0 Å². The number of nitrogens with two attached hydrogens (primary N) is 5. The van der Waals surface area contributed by atoms with Crippen molar-refractivity contribution in [2.24, 2.45) is 52.3 Å². The molecule has 0 aliphatic carbocycles. The van der Waals surface area contributed by atoms with Gasteiger partial charge in [0.15, 0.2) is 0 Å². The Bertz CT molecular complexity index is 4200. The molecule has 0 aliphatic rings. The van der Waals surface area contributed by atoms with Crippen molar-refractivity contribution in [3.05, 3.63) is 0 Å². The molecule has 0 bridgehead atoms. The molecule has 19 amide bonds. The predicted molar refractivity (Wildman–Crippen MR) is 494 cm³/mol. The third-order valence-electron chi connectivity index (χ3n) is 21.0. The van der Waals surface area contributed by atoms with Gasteiger partial charge in [-0.2, -0.15) is 0 Å². The molecule has 0 rings (SSSR count). The summed E-state index contributed by atoms with van der Waals surface area (Å²) in [5.74, 6) is -30.6. The normalized spacial score (nSPS) is 15.0. The molecule has 0 saturated heterocycles. The van der Waals surface area contributed by atoms with Crippen molar-refractivity contribution in [3.8, 4) is 0 Å². The number of carbonyl (C=O) groups excluding carboxylic acids is 19. The molecule has 0 aromatic carbocycles. The van der Waals surface area contributed by atoms with Gasteiger partial charge in [-0.3, -0.25) is 110 Å². The maximum absolute atomic E-state index is 14.3. The van der Waals surface area contributed by atoms with E-state index in [1.807, 2.05) is 0 Å². The van der Waals surface area contributed by atoms with Crippen molar-refractivity contribution in [2.75, 3.05) is 52.5 Å². The Morgan fingerprint density at radius 1 is 0.270 bits per heavy atom. The summed E-state index contributed by atoms with van der Waals surface area (Å²) in [7, 11) is 0. The van der Waals surface area contributed by atoms with Crippen LogP contribution in [0, 0.1) is 23.7 Å². The Hall–Kier alpha value is -13.0. The number of amides is 19. The standard InChI is InChI=1S/C85H147N23O33/c1-40(2)31-53(94-62(115)36-91-61(114)35-92-71(126)57(37-109)106-84(139)68(45(10)112)108-76(131)48(18-12-15-29-87)96-80(135)56(34-60(90)113)103-74(129)51(23-27-66(122)123)99-83(138)67(43(7)8)107-70(125)46(89)20-24-63(116)117)78(133)102-55(33-42(5)6)79(134)101-54(32-41(3)4)77(132)93-44(9)69(124)95-49(21-25-64(118)119)75(130)104-59(39-111)82(137)105-58(38-110)81(136)97-47(17-11-14-28-86)72(127)98-50(22-26-65(120)121)73(128)100-52(85(140)141)19-13-16-30-88/h40-59,67-68,109-112H,11-39,86-89H2,1-10H3,(H2,90,113)(H,91,114)(H,92,126)(H,93,132)(H,94,115)(H,95,124)(H,96,135)(H,97,136)(H,98,127)(H,99,138)(H,100,128)(H,101,134)(H,102,133)(H,103,129)(H,104,130)(H,105,137)(H,106,139)(H,107,125)(H,108,131)(H,116,117)(H,118,119)(H,120,121)(H,122,123)(H,140,141)/t44-,45+,46-,47-,48-,49-,50-,51-,52-,53-,54-,55-,56-,57-,58-,59-,67-,68-/m0/s1. The molecule has 18 atom stereocenters. The number of carboxylic acid groups (broad SMARTS) is 5. The van der Waals surface area contributed by atoms with Crippen LogP contribution < -0.4 is 124 Å². The van der Waals surface area contributed by atoms with Gasteiger partial charge in [-0.25, -0.2) is 4.79 Å². The van der Waals surface area contributed by atoms with Crippen LogP contribution in [0.1, 0.15) is 204 Å². The highest BCUT2D eigenvalue weighted by Gasteiger charge is 2.41. The number of hydrogen-bond donors (Lipinski definition) is 32. The number of aliphatic hydroxyl groups is 4. The summed E-state index contributed by atoms with van der Waals surface area (Å²) in [6, 6.07) is -28.8. The first-order valence-electron chi connectivity index (χ1n) is 46.2. The van der Waals surface area contributed by atoms with Gasteiger partial charge < -0.3 is 170 Å². The van der Waals surface area contributed by atoms with E-state index >= 15 is 0 Å². The summed E-state index contributed by atoms with van der Waals surface area (Å²) in [4.78, 5) is 318. The van der Waals surface area contributed by atoms with Gasteiger partial charge in [-0.15, -0.1) is 0 Å². The van der Waals surface area contributed by atoms with E-state index in [9.17, 15) is 156 Å². The van der Waals surface area contributed by atoms with E-state index in [0.717, 1.165) is 13.8 Å². The highest BCUT2D eigenvalue weighted by molar-refractivity contribution is 6.02. The van der Waals surface area contributed by atoms with Gasteiger partial charge in [0, 0.05) is 25.7 Å². The first-order chi connectivity index (χ1) is 66.0. The quantitative estimate of drug-likeness (QED) is 0.0251. The van der Waals surface area contributed by atoms with E-state index in [1.165, 1.54) is 13.8 Å². The van der Waals surface area contributed by atoms with Crippen LogP contribution in [-0.4, -0.2) is 349 Å². The number of nitrogens with one attached hydrogen (secondary N) is 18. The fourth-order valence-electron chi connectivity index (χ4n) is 13.3. The van der Waals surface area contributed by atoms with E-state index in [0.29, 0.717) is 6.42 Å². The van der Waals surface area contributed by atoms with Crippen molar-refractivity contribution < 1.29 is 161 Å². The molecular formula is C85H147N23O33. The van der Waals surface area contributed by atoms with Crippen molar-refractivity contribution in [2.45, 2.75) is 313 Å². The lowest BCUT2D eigenvalue weighted by molar-refractivity contribution is -0.143. The van der Waals surface area contributed by atoms with Gasteiger partial charge in [0.2, 0.25) is 112 Å². The van der Waals surface area contributed by atoms with E-state index in [4.69, 9.17) is 33.8 Å². The van der Waals surface area contributed by atoms with Crippen LogP contribution in [0.4, 0.5) is 0 Å². The summed E-state index contributed by atoms with van der Waals surface area (Å²) in [6.45, 7) is 10.1. The highest BCUT2D eigenvalue weighted by Crippen LogP contribution is 2.16. The summed E-state index contributed by atoms with van der Waals surface area (Å²) in [5, 5.41) is 130. The Kier molecular flexibility index (Phi) is 61.8. The number of unbranched alkanes of at least 4 members (excludes halogenated alkanes) is 3. The van der Waals surface area contributed by atoms with Gasteiger partial charge in [-0.1, -0.05) is 55.4 Å². The number of carbonyl (C=O) groups is 24. The minimum atomic E-state index is -2.03. The zero-order valence-electron chi connectivity index (χ0n) is 80.9. The maximum atomic E-state index is 14.3. The van der Waals surface area contributed by atoms with Gasteiger partial charge in [-0.05, 0) is 160 Å². The predicted octanol–water partition coefficient (Wildman–Crippen LogP) is -11.7. The first-order valence-corrected chi connectivity index (χ1v) is 46.2. The Morgan fingerprint density at radius 2 is 0.546 bits per heavy atom. The Balaban J connectivity index is 6.54. The molecule has 0 spiro atoms. The molecule has 56 heteroatoms. The third-order valence-corrected chi connectivity index (χ3v) is 21.0. The van der Waals surface area contributed by atoms with Gasteiger partial charge >= 0.3 is 29.8 Å². The molecule has 0 heterocycles. The lowest BCUT2D eigenvalue weighted by atomic mass is 9.98. The Morgan fingerprint density at radius 3 is 0.908 bits per heavy atom. The lowest BCUT2D eigenvalue weighted by Gasteiger charge is -2.28. The molecule has 0 radical (unpaired) electrons. The summed E-state index contributed by atoms with van der Waals surface area (Å²) >= 11 is 0. The lowest BCUT2D eigenvalue weighted by Crippen LogP contribution is -2.62. The second-order valence-corrected chi connectivity index (χ2v) is 35.2. The zero-order chi connectivity index (χ0) is 108. The number of rotatable bonds is 74. The largest absolute Gasteiger partial charge is 0.481 e. The Labute approximate surface area is 813 Å². The molecule has 0 aromatic rings. The maximum Gasteiger partial charge on any atom is 0.326 e. The fourth-order valence-corrected chi connectivity index (χ4v) is 13.3. The van der Waals surface area contributed by atoms with Crippen molar-refractivity contribution in [3.63, 3.8) is 0 Å². The second kappa shape index (κ2) is 68.1. The minimum Gasteiger partial charge on any atom is -0.481 e. The third kappa shape index (κ3) is 52.7. The van der Waals surface area contributed by atoms with E-state index in [-0.39, 0.29) is 114 Å². The first kappa shape index (κ1) is 128. The van der Waals surface area contributed by atoms with Crippen LogP contribution in [0.5, 0.6) is 0 Å². The van der Waals surface area contributed by atoms with E-state index < -0.39 is 341 Å². The van der Waals surface area contributed by atoms with Crippen molar-refractivity contribution in [1.29, 1.82) is 0 Å². The molecule has 0 unspecified atom stereocenters.